The van der Waals surface area contributed by atoms with E-state index >= 15 is 0 Å². The van der Waals surface area contributed by atoms with Gasteiger partial charge in [-0.3, -0.25) is 0 Å². The maximum atomic E-state index is 13.6. The number of hydrogen-bond acceptors (Lipinski definition) is 0. The topological polar surface area (TPSA) is 0 Å². The number of rotatable bonds is 5. The maximum Gasteiger partial charge on any atom is 0.194 e. The Morgan fingerprint density at radius 3 is 1.96 bits per heavy atom. The lowest BCUT2D eigenvalue weighted by atomic mass is 9.95. The Kier molecular flexibility index (Phi) is 5.08. The van der Waals surface area contributed by atoms with Gasteiger partial charge >= 0.3 is 0 Å². The summed E-state index contributed by atoms with van der Waals surface area (Å²) in [5.41, 5.74) is 2.32. The molecule has 0 radical (unpaired) electrons. The third-order valence-corrected chi connectivity index (χ3v) is 5.29. The van der Waals surface area contributed by atoms with E-state index in [9.17, 15) is 13.2 Å². The van der Waals surface area contributed by atoms with Gasteiger partial charge in [0.05, 0.1) is 0 Å². The second kappa shape index (κ2) is 7.67. The number of benzene rings is 4. The van der Waals surface area contributed by atoms with Crippen molar-refractivity contribution < 1.29 is 13.2 Å². The van der Waals surface area contributed by atoms with Gasteiger partial charge in [0.25, 0.3) is 0 Å². The molecule has 0 heterocycles. The molecule has 0 aliphatic heterocycles. The van der Waals surface area contributed by atoms with E-state index in [-0.39, 0.29) is 0 Å². The molecule has 0 fully saturated rings. The van der Waals surface area contributed by atoms with Crippen LogP contribution in [0.25, 0.3) is 32.7 Å². The van der Waals surface area contributed by atoms with Gasteiger partial charge in [-0.1, -0.05) is 62.2 Å². The van der Waals surface area contributed by atoms with Gasteiger partial charge in [0.2, 0.25) is 0 Å². The molecule has 0 aromatic heterocycles. The minimum Gasteiger partial charge on any atom is -0.204 e. The van der Waals surface area contributed by atoms with Crippen LogP contribution in [0, 0.1) is 17.5 Å². The van der Waals surface area contributed by atoms with E-state index in [1.807, 2.05) is 24.3 Å². The summed E-state index contributed by atoms with van der Waals surface area (Å²) in [7, 11) is 0. The molecular weight excluding hydrogens is 357 g/mol. The first-order chi connectivity index (χ1) is 13.6. The molecule has 142 valence electrons. The van der Waals surface area contributed by atoms with Crippen LogP contribution in [0.3, 0.4) is 0 Å². The minimum atomic E-state index is -1.44. The summed E-state index contributed by atoms with van der Waals surface area (Å²) >= 11 is 0. The molecule has 4 aromatic carbocycles. The number of halogens is 3. The molecule has 0 bridgehead atoms. The molecule has 0 aliphatic rings. The van der Waals surface area contributed by atoms with Crippen LogP contribution in [0.4, 0.5) is 13.2 Å². The van der Waals surface area contributed by atoms with Crippen molar-refractivity contribution in [1.82, 2.24) is 0 Å². The lowest BCUT2D eigenvalue weighted by molar-refractivity contribution is 0.448. The maximum absolute atomic E-state index is 13.6. The van der Waals surface area contributed by atoms with Gasteiger partial charge in [-0.05, 0) is 69.3 Å². The summed E-state index contributed by atoms with van der Waals surface area (Å²) in [6.07, 6.45) is 4.73. The molecule has 0 saturated carbocycles. The average Bonchev–Trinajstić information content (AvgIpc) is 2.71. The van der Waals surface area contributed by atoms with Gasteiger partial charge < -0.3 is 0 Å². The van der Waals surface area contributed by atoms with Crippen molar-refractivity contribution in [2.75, 3.05) is 0 Å². The van der Waals surface area contributed by atoms with Crippen molar-refractivity contribution in [3.8, 4) is 11.1 Å². The van der Waals surface area contributed by atoms with Crippen molar-refractivity contribution in [2.45, 2.75) is 32.6 Å². The zero-order valence-corrected chi connectivity index (χ0v) is 15.7. The first kappa shape index (κ1) is 18.5. The summed E-state index contributed by atoms with van der Waals surface area (Å²) in [5, 5.41) is 4.41. The van der Waals surface area contributed by atoms with Gasteiger partial charge in [0.15, 0.2) is 17.5 Å². The number of hydrogen-bond donors (Lipinski definition) is 0. The van der Waals surface area contributed by atoms with Crippen LogP contribution in [0.5, 0.6) is 0 Å². The molecule has 0 amide bonds. The van der Waals surface area contributed by atoms with E-state index in [0.29, 0.717) is 11.1 Å². The predicted molar refractivity (Wildman–Crippen MR) is 110 cm³/mol. The molecule has 0 spiro atoms. The van der Waals surface area contributed by atoms with Gasteiger partial charge in [-0.25, -0.2) is 13.2 Å². The fraction of sp³-hybridized carbons (Fsp3) is 0.200. The first-order valence-electron chi connectivity index (χ1n) is 9.67. The molecule has 4 rings (SSSR count). The van der Waals surface area contributed by atoms with Crippen LogP contribution in [-0.4, -0.2) is 0 Å². The van der Waals surface area contributed by atoms with Crippen molar-refractivity contribution in [2.24, 2.45) is 0 Å². The summed E-state index contributed by atoms with van der Waals surface area (Å²) < 4.78 is 40.4. The number of fused-ring (bicyclic) bond motifs is 3. The molecular formula is C25H21F3. The van der Waals surface area contributed by atoms with Crippen LogP contribution in [0.1, 0.15) is 31.7 Å². The Balaban J connectivity index is 1.74. The Morgan fingerprint density at radius 1 is 0.643 bits per heavy atom. The normalized spacial score (nSPS) is 11.4. The first-order valence-corrected chi connectivity index (χ1v) is 9.67. The van der Waals surface area contributed by atoms with Crippen molar-refractivity contribution >= 4 is 21.5 Å². The molecule has 0 aliphatic carbocycles. The monoisotopic (exact) mass is 378 g/mol. The molecule has 28 heavy (non-hydrogen) atoms. The zero-order chi connectivity index (χ0) is 19.7. The third kappa shape index (κ3) is 3.49. The van der Waals surface area contributed by atoms with E-state index in [0.717, 1.165) is 34.7 Å². The van der Waals surface area contributed by atoms with Gasteiger partial charge in [0, 0.05) is 0 Å². The van der Waals surface area contributed by atoms with Crippen molar-refractivity contribution in [3.63, 3.8) is 0 Å². The Bertz CT molecular complexity index is 1140. The molecule has 4 aromatic rings. The Morgan fingerprint density at radius 2 is 1.29 bits per heavy atom. The highest BCUT2D eigenvalue weighted by molar-refractivity contribution is 6.08. The van der Waals surface area contributed by atoms with Crippen LogP contribution in [-0.2, 0) is 6.42 Å². The lowest BCUT2D eigenvalue weighted by Gasteiger charge is -2.09. The lowest BCUT2D eigenvalue weighted by Crippen LogP contribution is -1.92. The van der Waals surface area contributed by atoms with Crippen LogP contribution >= 0.6 is 0 Å². The van der Waals surface area contributed by atoms with Crippen LogP contribution in [0.15, 0.2) is 60.7 Å². The van der Waals surface area contributed by atoms with E-state index in [4.69, 9.17) is 0 Å². The summed E-state index contributed by atoms with van der Waals surface area (Å²) in [5.74, 6) is -3.79. The highest BCUT2D eigenvalue weighted by Crippen LogP contribution is 2.31. The third-order valence-electron chi connectivity index (χ3n) is 5.29. The highest BCUT2D eigenvalue weighted by atomic mass is 19.2. The number of unbranched alkanes of at least 4 members (excludes halogenated alkanes) is 2. The second-order valence-corrected chi connectivity index (χ2v) is 7.27. The van der Waals surface area contributed by atoms with E-state index in [2.05, 4.69) is 31.2 Å². The molecule has 0 atom stereocenters. The van der Waals surface area contributed by atoms with Crippen LogP contribution < -0.4 is 0 Å². The highest BCUT2D eigenvalue weighted by Gasteiger charge is 2.12. The van der Waals surface area contributed by atoms with Crippen LogP contribution in [0.2, 0.25) is 0 Å². The fourth-order valence-electron chi connectivity index (χ4n) is 3.76. The zero-order valence-electron chi connectivity index (χ0n) is 15.7. The van der Waals surface area contributed by atoms with E-state index in [1.54, 1.807) is 0 Å². The van der Waals surface area contributed by atoms with Crippen molar-refractivity contribution in [1.29, 1.82) is 0 Å². The molecule has 3 heteroatoms. The van der Waals surface area contributed by atoms with E-state index < -0.39 is 17.5 Å². The number of aryl methyl sites for hydroxylation is 1. The smallest absolute Gasteiger partial charge is 0.194 e. The Labute approximate surface area is 162 Å². The van der Waals surface area contributed by atoms with E-state index in [1.165, 1.54) is 30.2 Å². The molecule has 0 unspecified atom stereocenters. The Hall–Kier alpha value is -2.81. The summed E-state index contributed by atoms with van der Waals surface area (Å²) in [6.45, 7) is 2.20. The van der Waals surface area contributed by atoms with Gasteiger partial charge in [-0.15, -0.1) is 0 Å². The predicted octanol–water partition coefficient (Wildman–Crippen LogP) is 7.81. The quantitative estimate of drug-likeness (QED) is 0.189. The molecule has 0 N–H and O–H groups in total. The van der Waals surface area contributed by atoms with Crippen molar-refractivity contribution in [3.05, 3.63) is 83.7 Å². The minimum absolute atomic E-state index is 0.324. The second-order valence-electron chi connectivity index (χ2n) is 7.27. The van der Waals surface area contributed by atoms with Gasteiger partial charge in [0.1, 0.15) is 0 Å². The fourth-order valence-corrected chi connectivity index (χ4v) is 3.76. The molecule has 0 saturated heterocycles. The summed E-state index contributed by atoms with van der Waals surface area (Å²) in [4.78, 5) is 0. The molecule has 0 nitrogen and oxygen atoms in total. The average molecular weight is 378 g/mol. The summed E-state index contributed by atoms with van der Waals surface area (Å²) in [6, 6.07) is 18.4. The standard InChI is InChI=1S/C25H21F3/c1-2-3-4-5-16-6-10-21-18(12-16)7-8-19-13-17(9-11-22(19)21)20-14-23(26)25(28)24(27)15-20/h6-15H,2-5H2,1H3. The van der Waals surface area contributed by atoms with Gasteiger partial charge in [-0.2, -0.15) is 0 Å². The SMILES string of the molecule is CCCCCc1ccc2c(ccc3cc(-c4cc(F)c(F)c(F)c4)ccc32)c1. The largest absolute Gasteiger partial charge is 0.204 e.